The van der Waals surface area contributed by atoms with Crippen molar-refractivity contribution in [2.45, 2.75) is 11.2 Å². The Kier molecular flexibility index (Phi) is 3.23. The van der Waals surface area contributed by atoms with Gasteiger partial charge in [-0.15, -0.1) is 5.10 Å². The normalized spacial score (nSPS) is 16.7. The Morgan fingerprint density at radius 2 is 2.35 bits per heavy atom. The van der Waals surface area contributed by atoms with E-state index in [-0.39, 0.29) is 17.5 Å². The van der Waals surface area contributed by atoms with E-state index in [9.17, 15) is 9.59 Å². The fourth-order valence-corrected chi connectivity index (χ4v) is 2.86. The summed E-state index contributed by atoms with van der Waals surface area (Å²) < 4.78 is 6.99. The Morgan fingerprint density at radius 1 is 1.55 bits per heavy atom. The van der Waals surface area contributed by atoms with E-state index >= 15 is 0 Å². The van der Waals surface area contributed by atoms with Crippen LogP contribution >= 0.6 is 11.8 Å². The first-order chi connectivity index (χ1) is 9.66. The lowest BCUT2D eigenvalue weighted by Gasteiger charge is -2.11. The summed E-state index contributed by atoms with van der Waals surface area (Å²) in [5, 5.41) is 15.3. The zero-order chi connectivity index (χ0) is 14.1. The number of ether oxygens (including phenoxy) is 1. The summed E-state index contributed by atoms with van der Waals surface area (Å²) >= 11 is 1.00. The maximum absolute atomic E-state index is 11.9. The number of carbonyl (C=O) groups is 1. The highest BCUT2D eigenvalue weighted by atomic mass is 32.2. The first-order valence-corrected chi connectivity index (χ1v) is 6.88. The molecule has 104 valence electrons. The molecule has 1 aromatic carbocycles. The van der Waals surface area contributed by atoms with Gasteiger partial charge in [-0.3, -0.25) is 9.36 Å². The molecule has 1 aliphatic heterocycles. The Balaban J connectivity index is 1.97. The highest BCUT2D eigenvalue weighted by Crippen LogP contribution is 2.35. The quantitative estimate of drug-likeness (QED) is 0.807. The Labute approximate surface area is 117 Å². The van der Waals surface area contributed by atoms with Crippen molar-refractivity contribution in [3.05, 3.63) is 40.3 Å². The number of thioether (sulfide) groups is 1. The molecule has 0 bridgehead atoms. The van der Waals surface area contributed by atoms with Gasteiger partial charge in [0.15, 0.2) is 5.16 Å². The average molecular weight is 293 g/mol. The van der Waals surface area contributed by atoms with Crippen molar-refractivity contribution in [2.24, 2.45) is 0 Å². The van der Waals surface area contributed by atoms with Gasteiger partial charge in [-0.2, -0.15) is 0 Å². The largest absolute Gasteiger partial charge is 0.491 e. The van der Waals surface area contributed by atoms with E-state index in [2.05, 4.69) is 10.2 Å². The molecule has 3 rings (SSSR count). The minimum absolute atomic E-state index is 0.153. The topological polar surface area (TPSA) is 97.2 Å². The summed E-state index contributed by atoms with van der Waals surface area (Å²) in [5.74, 6) is -0.376. The molecule has 0 radical (unpaired) electrons. The van der Waals surface area contributed by atoms with Crippen LogP contribution in [0.2, 0.25) is 0 Å². The molecule has 20 heavy (non-hydrogen) atoms. The van der Waals surface area contributed by atoms with Gasteiger partial charge in [0.2, 0.25) is 0 Å². The van der Waals surface area contributed by atoms with Crippen LogP contribution in [0.5, 0.6) is 5.75 Å². The van der Waals surface area contributed by atoms with Crippen LogP contribution in [0.15, 0.2) is 34.2 Å². The van der Waals surface area contributed by atoms with Crippen LogP contribution in [0.3, 0.4) is 0 Å². The standard InChI is InChI=1S/C12H11N3O4S/c16-10(17)6-20-12-14-13-11(18)15(12)8-5-19-9-4-2-1-3-7(8)9/h1-4,8H,5-6H2,(H,13,18)(H,16,17). The lowest BCUT2D eigenvalue weighted by atomic mass is 10.1. The summed E-state index contributed by atoms with van der Waals surface area (Å²) in [6, 6.07) is 7.17. The number of rotatable bonds is 4. The zero-order valence-electron chi connectivity index (χ0n) is 10.3. The second-order valence-corrected chi connectivity index (χ2v) is 5.17. The molecule has 1 unspecified atom stereocenters. The molecule has 8 heteroatoms. The Hall–Kier alpha value is -2.22. The molecule has 0 fully saturated rings. The van der Waals surface area contributed by atoms with Gasteiger partial charge in [0.25, 0.3) is 0 Å². The van der Waals surface area contributed by atoms with E-state index in [0.717, 1.165) is 23.1 Å². The number of hydrogen-bond donors (Lipinski definition) is 2. The number of nitrogens with zero attached hydrogens (tertiary/aromatic N) is 2. The van der Waals surface area contributed by atoms with Crippen molar-refractivity contribution in [1.29, 1.82) is 0 Å². The number of aromatic nitrogens is 3. The Morgan fingerprint density at radius 3 is 3.15 bits per heavy atom. The second-order valence-electron chi connectivity index (χ2n) is 4.23. The van der Waals surface area contributed by atoms with Crippen molar-refractivity contribution in [2.75, 3.05) is 12.4 Å². The molecule has 0 aliphatic carbocycles. The molecular weight excluding hydrogens is 282 g/mol. The summed E-state index contributed by atoms with van der Waals surface area (Å²) in [6.45, 7) is 0.333. The van der Waals surface area contributed by atoms with Crippen molar-refractivity contribution in [3.8, 4) is 5.75 Å². The molecule has 1 aromatic heterocycles. The van der Waals surface area contributed by atoms with Gasteiger partial charge in [-0.1, -0.05) is 30.0 Å². The summed E-state index contributed by atoms with van der Waals surface area (Å²) in [4.78, 5) is 22.5. The van der Waals surface area contributed by atoms with Gasteiger partial charge in [0, 0.05) is 5.56 Å². The van der Waals surface area contributed by atoms with Crippen LogP contribution in [-0.4, -0.2) is 38.2 Å². The lowest BCUT2D eigenvalue weighted by Crippen LogP contribution is -2.25. The third-order valence-corrected chi connectivity index (χ3v) is 3.92. The van der Waals surface area contributed by atoms with Gasteiger partial charge in [-0.25, -0.2) is 9.89 Å². The van der Waals surface area contributed by atoms with Crippen molar-refractivity contribution < 1.29 is 14.6 Å². The minimum Gasteiger partial charge on any atom is -0.491 e. The molecule has 2 heterocycles. The van der Waals surface area contributed by atoms with Gasteiger partial charge < -0.3 is 9.84 Å². The summed E-state index contributed by atoms with van der Waals surface area (Å²) in [6.07, 6.45) is 0. The molecule has 0 amide bonds. The number of nitrogens with one attached hydrogen (secondary N) is 1. The number of aromatic amines is 1. The van der Waals surface area contributed by atoms with Crippen molar-refractivity contribution >= 4 is 17.7 Å². The van der Waals surface area contributed by atoms with Crippen LogP contribution in [-0.2, 0) is 4.79 Å². The van der Waals surface area contributed by atoms with E-state index in [4.69, 9.17) is 9.84 Å². The fourth-order valence-electron chi connectivity index (χ4n) is 2.15. The predicted octanol–water partition coefficient (Wildman–Crippen LogP) is 0.730. The second kappa shape index (κ2) is 5.04. The van der Waals surface area contributed by atoms with Crippen LogP contribution in [0.25, 0.3) is 0 Å². The van der Waals surface area contributed by atoms with Crippen LogP contribution in [0.1, 0.15) is 11.6 Å². The summed E-state index contributed by atoms with van der Waals surface area (Å²) in [5.41, 5.74) is 0.524. The average Bonchev–Trinajstić information content (AvgIpc) is 3.00. The first-order valence-electron chi connectivity index (χ1n) is 5.90. The predicted molar refractivity (Wildman–Crippen MR) is 71.3 cm³/mol. The lowest BCUT2D eigenvalue weighted by molar-refractivity contribution is -0.133. The third-order valence-electron chi connectivity index (χ3n) is 2.98. The van der Waals surface area contributed by atoms with E-state index in [0.29, 0.717) is 11.8 Å². The van der Waals surface area contributed by atoms with Crippen molar-refractivity contribution in [3.63, 3.8) is 0 Å². The molecular formula is C12H11N3O4S. The van der Waals surface area contributed by atoms with Gasteiger partial charge in [0.1, 0.15) is 18.4 Å². The molecule has 0 spiro atoms. The molecule has 7 nitrogen and oxygen atoms in total. The number of hydrogen-bond acceptors (Lipinski definition) is 5. The number of benzene rings is 1. The zero-order valence-corrected chi connectivity index (χ0v) is 11.1. The van der Waals surface area contributed by atoms with Gasteiger partial charge in [0.05, 0.1) is 5.75 Å². The van der Waals surface area contributed by atoms with E-state index in [1.54, 1.807) is 0 Å². The van der Waals surface area contributed by atoms with Crippen LogP contribution < -0.4 is 10.4 Å². The minimum atomic E-state index is -0.958. The monoisotopic (exact) mass is 293 g/mol. The van der Waals surface area contributed by atoms with Gasteiger partial charge in [-0.05, 0) is 6.07 Å². The van der Waals surface area contributed by atoms with Crippen LogP contribution in [0, 0.1) is 0 Å². The summed E-state index contributed by atoms with van der Waals surface area (Å²) in [7, 11) is 0. The molecule has 0 saturated heterocycles. The smallest absolute Gasteiger partial charge is 0.344 e. The molecule has 1 aliphatic rings. The highest BCUT2D eigenvalue weighted by molar-refractivity contribution is 7.99. The van der Waals surface area contributed by atoms with Gasteiger partial charge >= 0.3 is 11.7 Å². The highest BCUT2D eigenvalue weighted by Gasteiger charge is 2.29. The maximum atomic E-state index is 11.9. The number of fused-ring (bicyclic) bond motifs is 1. The number of aliphatic carboxylic acids is 1. The van der Waals surface area contributed by atoms with Crippen molar-refractivity contribution in [1.82, 2.24) is 14.8 Å². The first kappa shape index (κ1) is 12.8. The van der Waals surface area contributed by atoms with Crippen LogP contribution in [0.4, 0.5) is 0 Å². The Bertz CT molecular complexity index is 709. The van der Waals surface area contributed by atoms with E-state index in [1.165, 1.54) is 4.57 Å². The maximum Gasteiger partial charge on any atom is 0.344 e. The number of carboxylic acid groups (broad SMARTS) is 1. The third kappa shape index (κ3) is 2.18. The van der Waals surface area contributed by atoms with E-state index < -0.39 is 5.97 Å². The molecule has 2 N–H and O–H groups in total. The number of para-hydroxylation sites is 1. The number of H-pyrrole nitrogens is 1. The fraction of sp³-hybridized carbons (Fsp3) is 0.250. The SMILES string of the molecule is O=C(O)CSc1n[nH]c(=O)n1C1COc2ccccc21. The van der Waals surface area contributed by atoms with E-state index in [1.807, 2.05) is 24.3 Å². The molecule has 0 saturated carbocycles. The molecule has 2 aromatic rings. The number of carboxylic acids is 1. The molecule has 1 atom stereocenters.